The Hall–Kier alpha value is -1.81. The van der Waals surface area contributed by atoms with Crippen molar-refractivity contribution in [2.24, 2.45) is 5.92 Å². The van der Waals surface area contributed by atoms with E-state index in [1.54, 1.807) is 5.56 Å². The van der Waals surface area contributed by atoms with Gasteiger partial charge in [0.1, 0.15) is 11.4 Å². The average Bonchev–Trinajstić information content (AvgIpc) is 3.12. The summed E-state index contributed by atoms with van der Waals surface area (Å²) >= 11 is 1.97. The molecule has 2 aromatic carbocycles. The molecule has 1 saturated carbocycles. The fourth-order valence-electron chi connectivity index (χ4n) is 6.65. The minimum Gasteiger partial charge on any atom is -0.491 e. The van der Waals surface area contributed by atoms with Gasteiger partial charge in [-0.25, -0.2) is 0 Å². The molecule has 0 radical (unpaired) electrons. The summed E-state index contributed by atoms with van der Waals surface area (Å²) < 4.78 is 19.1. The first-order chi connectivity index (χ1) is 18.8. The van der Waals surface area contributed by atoms with Crippen molar-refractivity contribution in [1.29, 1.82) is 0 Å². The molecule has 0 N–H and O–H groups in total. The molecule has 4 atom stereocenters. The molecule has 216 valence electrons. The SMILES string of the molecule is CCOc1c(CC)c(CC2CCCC(c3ccc(OC(C)CC)cc3)CC2)c(C)c2c1OC(C)(CSCC)C2. The summed E-state index contributed by atoms with van der Waals surface area (Å²) in [4.78, 5) is 0. The van der Waals surface area contributed by atoms with Crippen molar-refractivity contribution in [3.63, 3.8) is 0 Å². The van der Waals surface area contributed by atoms with Gasteiger partial charge in [-0.3, -0.25) is 0 Å². The molecule has 0 bridgehead atoms. The summed E-state index contributed by atoms with van der Waals surface area (Å²) in [5.74, 6) is 6.60. The van der Waals surface area contributed by atoms with Crippen LogP contribution in [0.4, 0.5) is 0 Å². The second-order valence-electron chi connectivity index (χ2n) is 12.1. The van der Waals surface area contributed by atoms with Crippen LogP contribution in [-0.4, -0.2) is 29.8 Å². The highest BCUT2D eigenvalue weighted by atomic mass is 32.2. The van der Waals surface area contributed by atoms with Crippen LogP contribution in [0.1, 0.15) is 114 Å². The number of rotatable bonds is 12. The Kier molecular flexibility index (Phi) is 10.6. The summed E-state index contributed by atoms with van der Waals surface area (Å²) in [6, 6.07) is 8.97. The predicted octanol–water partition coefficient (Wildman–Crippen LogP) is 9.49. The van der Waals surface area contributed by atoms with Gasteiger partial charge in [-0.2, -0.15) is 11.8 Å². The summed E-state index contributed by atoms with van der Waals surface area (Å²) in [5.41, 5.74) is 7.14. The van der Waals surface area contributed by atoms with Gasteiger partial charge in [0.2, 0.25) is 0 Å². The Morgan fingerprint density at radius 2 is 1.79 bits per heavy atom. The van der Waals surface area contributed by atoms with Crippen molar-refractivity contribution >= 4 is 11.8 Å². The Bertz CT molecular complexity index is 1080. The number of ether oxygens (including phenoxy) is 3. The zero-order valence-electron chi connectivity index (χ0n) is 25.7. The molecular formula is C35H52O3S. The van der Waals surface area contributed by atoms with Crippen LogP contribution in [0.15, 0.2) is 24.3 Å². The van der Waals surface area contributed by atoms with E-state index in [0.717, 1.165) is 60.4 Å². The quantitative estimate of drug-likeness (QED) is 0.245. The molecule has 1 aliphatic heterocycles. The van der Waals surface area contributed by atoms with Gasteiger partial charge in [-0.1, -0.05) is 45.7 Å². The van der Waals surface area contributed by atoms with Crippen molar-refractivity contribution in [3.8, 4) is 17.2 Å². The molecule has 0 amide bonds. The zero-order valence-corrected chi connectivity index (χ0v) is 26.5. The second kappa shape index (κ2) is 13.7. The molecule has 1 heterocycles. The molecule has 1 aliphatic carbocycles. The van der Waals surface area contributed by atoms with Gasteiger partial charge in [-0.15, -0.1) is 0 Å². The van der Waals surface area contributed by atoms with E-state index in [-0.39, 0.29) is 11.7 Å². The summed E-state index contributed by atoms with van der Waals surface area (Å²) in [5, 5.41) is 0. The Balaban J connectivity index is 1.51. The molecule has 0 aromatic heterocycles. The largest absolute Gasteiger partial charge is 0.491 e. The average molecular weight is 553 g/mol. The minimum atomic E-state index is -0.145. The van der Waals surface area contributed by atoms with Crippen LogP contribution in [0.2, 0.25) is 0 Å². The van der Waals surface area contributed by atoms with Crippen molar-refractivity contribution in [3.05, 3.63) is 52.1 Å². The van der Waals surface area contributed by atoms with Crippen LogP contribution >= 0.6 is 11.8 Å². The lowest BCUT2D eigenvalue weighted by molar-refractivity contribution is 0.137. The number of thioether (sulfide) groups is 1. The van der Waals surface area contributed by atoms with Gasteiger partial charge in [0.15, 0.2) is 11.5 Å². The lowest BCUT2D eigenvalue weighted by Gasteiger charge is -2.25. The van der Waals surface area contributed by atoms with E-state index in [2.05, 4.69) is 72.7 Å². The molecular weight excluding hydrogens is 500 g/mol. The lowest BCUT2D eigenvalue weighted by atomic mass is 9.83. The highest BCUT2D eigenvalue weighted by Crippen LogP contribution is 2.49. The monoisotopic (exact) mass is 552 g/mol. The third kappa shape index (κ3) is 7.10. The van der Waals surface area contributed by atoms with Crippen LogP contribution in [0, 0.1) is 12.8 Å². The highest BCUT2D eigenvalue weighted by Gasteiger charge is 2.40. The number of hydrogen-bond acceptors (Lipinski definition) is 4. The molecule has 4 rings (SSSR count). The first-order valence-corrected chi connectivity index (χ1v) is 16.8. The third-order valence-electron chi connectivity index (χ3n) is 9.02. The Morgan fingerprint density at radius 3 is 2.46 bits per heavy atom. The van der Waals surface area contributed by atoms with Crippen LogP contribution in [0.3, 0.4) is 0 Å². The molecule has 0 spiro atoms. The summed E-state index contributed by atoms with van der Waals surface area (Å²) in [6.07, 6.45) is 10.9. The van der Waals surface area contributed by atoms with E-state index in [0.29, 0.717) is 12.5 Å². The Labute approximate surface area is 242 Å². The lowest BCUT2D eigenvalue weighted by Crippen LogP contribution is -2.33. The van der Waals surface area contributed by atoms with E-state index in [1.807, 2.05) is 11.8 Å². The smallest absolute Gasteiger partial charge is 0.165 e. The predicted molar refractivity (Wildman–Crippen MR) is 167 cm³/mol. The third-order valence-corrected chi connectivity index (χ3v) is 10.2. The second-order valence-corrected chi connectivity index (χ2v) is 13.3. The van der Waals surface area contributed by atoms with Gasteiger partial charge < -0.3 is 14.2 Å². The van der Waals surface area contributed by atoms with Crippen molar-refractivity contribution < 1.29 is 14.2 Å². The van der Waals surface area contributed by atoms with Gasteiger partial charge in [0, 0.05) is 23.3 Å². The molecule has 1 fully saturated rings. The fourth-order valence-corrected chi connectivity index (χ4v) is 7.45. The zero-order chi connectivity index (χ0) is 28.0. The minimum absolute atomic E-state index is 0.145. The first-order valence-electron chi connectivity index (χ1n) is 15.7. The molecule has 0 saturated heterocycles. The first kappa shape index (κ1) is 30.2. The van der Waals surface area contributed by atoms with Crippen molar-refractivity contribution in [2.45, 2.75) is 124 Å². The molecule has 2 aliphatic rings. The number of fused-ring (bicyclic) bond motifs is 1. The fraction of sp³-hybridized carbons (Fsp3) is 0.657. The van der Waals surface area contributed by atoms with E-state index in [1.165, 1.54) is 54.4 Å². The topological polar surface area (TPSA) is 27.7 Å². The van der Waals surface area contributed by atoms with Crippen LogP contribution in [0.25, 0.3) is 0 Å². The maximum absolute atomic E-state index is 6.71. The summed E-state index contributed by atoms with van der Waals surface area (Å²) in [6.45, 7) is 16.2. The van der Waals surface area contributed by atoms with Crippen LogP contribution < -0.4 is 14.2 Å². The van der Waals surface area contributed by atoms with Crippen LogP contribution in [0.5, 0.6) is 17.2 Å². The van der Waals surface area contributed by atoms with Gasteiger partial charge in [0.05, 0.1) is 12.7 Å². The summed E-state index contributed by atoms with van der Waals surface area (Å²) in [7, 11) is 0. The van der Waals surface area contributed by atoms with Crippen LogP contribution in [-0.2, 0) is 19.3 Å². The maximum atomic E-state index is 6.71. The van der Waals surface area contributed by atoms with E-state index in [9.17, 15) is 0 Å². The Morgan fingerprint density at radius 1 is 1.03 bits per heavy atom. The maximum Gasteiger partial charge on any atom is 0.165 e. The highest BCUT2D eigenvalue weighted by molar-refractivity contribution is 7.99. The van der Waals surface area contributed by atoms with E-state index in [4.69, 9.17) is 14.2 Å². The van der Waals surface area contributed by atoms with Gasteiger partial charge in [-0.05, 0) is 113 Å². The molecule has 2 aromatic rings. The molecule has 4 unspecified atom stereocenters. The molecule has 39 heavy (non-hydrogen) atoms. The van der Waals surface area contributed by atoms with Crippen molar-refractivity contribution in [1.82, 2.24) is 0 Å². The van der Waals surface area contributed by atoms with Crippen molar-refractivity contribution in [2.75, 3.05) is 18.1 Å². The van der Waals surface area contributed by atoms with Gasteiger partial charge in [0.25, 0.3) is 0 Å². The van der Waals surface area contributed by atoms with E-state index < -0.39 is 0 Å². The number of hydrogen-bond donors (Lipinski definition) is 0. The normalized spacial score (nSPS) is 23.6. The standard InChI is InChI=1S/C35H52O3S/c1-8-24(5)37-29-19-17-28(18-20-29)27-14-12-13-26(15-16-27)21-31-25(6)32-22-35(7,23-39-11-4)38-34(32)33(36-10-3)30(31)9-2/h17-20,24,26-27H,8-16,21-23H2,1-7H3. The van der Waals surface area contributed by atoms with E-state index >= 15 is 0 Å². The number of benzene rings is 2. The molecule has 3 nitrogen and oxygen atoms in total. The molecule has 4 heteroatoms. The van der Waals surface area contributed by atoms with Gasteiger partial charge >= 0.3 is 0 Å².